The predicted molar refractivity (Wildman–Crippen MR) is 120 cm³/mol. The smallest absolute Gasteiger partial charge is 0.322 e. The molecule has 0 unspecified atom stereocenters. The summed E-state index contributed by atoms with van der Waals surface area (Å²) in [5, 5.41) is 8.15. The molecular formula is C21H20Cl2F3N3OS. The molecule has 0 radical (unpaired) electrons. The van der Waals surface area contributed by atoms with Gasteiger partial charge in [0.2, 0.25) is 0 Å². The fraction of sp³-hybridized carbons (Fsp3) is 0.238. The van der Waals surface area contributed by atoms with Crippen LogP contribution in [0.3, 0.4) is 0 Å². The van der Waals surface area contributed by atoms with Gasteiger partial charge in [0.15, 0.2) is 0 Å². The van der Waals surface area contributed by atoms with E-state index in [-0.39, 0.29) is 30.4 Å². The zero-order valence-corrected chi connectivity index (χ0v) is 18.5. The summed E-state index contributed by atoms with van der Waals surface area (Å²) in [6.07, 6.45) is -3.44. The second-order valence-electron chi connectivity index (χ2n) is 6.96. The topological polar surface area (TPSA) is 54.0 Å². The molecule has 0 spiro atoms. The lowest BCUT2D eigenvalue weighted by atomic mass is 10.1. The molecule has 0 aliphatic heterocycles. The molecule has 1 aliphatic carbocycles. The number of thiazole rings is 1. The third-order valence-corrected chi connectivity index (χ3v) is 5.50. The minimum Gasteiger partial charge on any atom is -0.322 e. The SMILES string of the molecule is Cl.Cl.O=C(Nc1ccc([C@@H]2C[C@H]2NCc2cscn2)cc1)c1cccc(C(F)(F)F)c1. The molecule has 3 aromatic rings. The minimum absolute atomic E-state index is 0. The van der Waals surface area contributed by atoms with Gasteiger partial charge >= 0.3 is 6.18 Å². The monoisotopic (exact) mass is 489 g/mol. The lowest BCUT2D eigenvalue weighted by Crippen LogP contribution is -2.17. The maximum atomic E-state index is 12.8. The number of alkyl halides is 3. The number of carbonyl (C=O) groups excluding carboxylic acids is 1. The van der Waals surface area contributed by atoms with Crippen molar-refractivity contribution >= 4 is 47.7 Å². The standard InChI is InChI=1S/C21H18F3N3OS.2ClH/c22-21(23,24)15-3-1-2-14(8-15)20(28)27-16-6-4-13(5-7-16)18-9-19(18)25-10-17-11-29-12-26-17;;/h1-8,11-12,18-19,25H,9-10H2,(H,27,28);2*1H/t18-,19+;;/m0../s1. The van der Waals surface area contributed by atoms with Crippen molar-refractivity contribution in [3.63, 3.8) is 0 Å². The van der Waals surface area contributed by atoms with Crippen LogP contribution in [-0.2, 0) is 12.7 Å². The van der Waals surface area contributed by atoms with E-state index >= 15 is 0 Å². The molecule has 166 valence electrons. The van der Waals surface area contributed by atoms with E-state index in [0.29, 0.717) is 17.6 Å². The van der Waals surface area contributed by atoms with Crippen LogP contribution in [0.2, 0.25) is 0 Å². The largest absolute Gasteiger partial charge is 0.416 e. The number of nitrogens with zero attached hydrogens (tertiary/aromatic N) is 1. The maximum Gasteiger partial charge on any atom is 0.416 e. The van der Waals surface area contributed by atoms with E-state index in [0.717, 1.165) is 36.4 Å². The van der Waals surface area contributed by atoms with Crippen molar-refractivity contribution < 1.29 is 18.0 Å². The van der Waals surface area contributed by atoms with Crippen molar-refractivity contribution in [3.05, 3.63) is 81.8 Å². The molecule has 1 aliphatic rings. The van der Waals surface area contributed by atoms with E-state index in [1.165, 1.54) is 12.1 Å². The zero-order valence-electron chi connectivity index (χ0n) is 16.1. The normalized spacial score (nSPS) is 17.3. The number of anilines is 1. The van der Waals surface area contributed by atoms with E-state index in [1.807, 2.05) is 23.0 Å². The van der Waals surface area contributed by atoms with Crippen molar-refractivity contribution in [3.8, 4) is 0 Å². The minimum atomic E-state index is -4.48. The summed E-state index contributed by atoms with van der Waals surface area (Å²) in [6.45, 7) is 0.746. The Morgan fingerprint density at radius 2 is 1.87 bits per heavy atom. The van der Waals surface area contributed by atoms with Crippen LogP contribution < -0.4 is 10.6 Å². The van der Waals surface area contributed by atoms with Crippen molar-refractivity contribution in [2.75, 3.05) is 5.32 Å². The number of hydrogen-bond acceptors (Lipinski definition) is 4. The lowest BCUT2D eigenvalue weighted by Gasteiger charge is -2.10. The first kappa shape index (κ1) is 25.1. The number of aromatic nitrogens is 1. The van der Waals surface area contributed by atoms with Crippen molar-refractivity contribution in [1.82, 2.24) is 10.3 Å². The average Bonchev–Trinajstić information content (AvgIpc) is 3.29. The predicted octanol–water partition coefficient (Wildman–Crippen LogP) is 5.90. The summed E-state index contributed by atoms with van der Waals surface area (Å²) >= 11 is 1.57. The quantitative estimate of drug-likeness (QED) is 0.452. The number of carbonyl (C=O) groups is 1. The molecule has 2 N–H and O–H groups in total. The van der Waals surface area contributed by atoms with Crippen molar-refractivity contribution in [2.24, 2.45) is 0 Å². The Bertz CT molecular complexity index is 998. The van der Waals surface area contributed by atoms with E-state index in [4.69, 9.17) is 0 Å². The Kier molecular flexibility index (Phi) is 8.48. The van der Waals surface area contributed by atoms with E-state index in [1.54, 1.807) is 23.5 Å². The van der Waals surface area contributed by atoms with Gasteiger partial charge in [0.25, 0.3) is 5.91 Å². The van der Waals surface area contributed by atoms with Gasteiger partial charge in [-0.15, -0.1) is 36.2 Å². The van der Waals surface area contributed by atoms with E-state index in [2.05, 4.69) is 15.6 Å². The summed E-state index contributed by atoms with van der Waals surface area (Å²) < 4.78 is 38.4. The zero-order chi connectivity index (χ0) is 20.4. The number of nitrogens with one attached hydrogen (secondary N) is 2. The number of halogens is 5. The Balaban J connectivity index is 0.00000171. The van der Waals surface area contributed by atoms with Gasteiger partial charge in [-0.1, -0.05) is 18.2 Å². The van der Waals surface area contributed by atoms with Gasteiger partial charge in [-0.25, -0.2) is 4.98 Å². The molecule has 1 saturated carbocycles. The maximum absolute atomic E-state index is 12.8. The van der Waals surface area contributed by atoms with Gasteiger partial charge in [-0.3, -0.25) is 4.79 Å². The highest BCUT2D eigenvalue weighted by Crippen LogP contribution is 2.41. The van der Waals surface area contributed by atoms with Gasteiger partial charge < -0.3 is 10.6 Å². The fourth-order valence-electron chi connectivity index (χ4n) is 3.20. The molecule has 0 saturated heterocycles. The van der Waals surface area contributed by atoms with Crippen LogP contribution in [0.5, 0.6) is 0 Å². The highest BCUT2D eigenvalue weighted by atomic mass is 35.5. The van der Waals surface area contributed by atoms with Crippen LogP contribution in [0.25, 0.3) is 0 Å². The van der Waals surface area contributed by atoms with Gasteiger partial charge in [0.1, 0.15) is 0 Å². The molecule has 2 aromatic carbocycles. The van der Waals surface area contributed by atoms with Crippen LogP contribution in [0.15, 0.2) is 59.4 Å². The first-order valence-electron chi connectivity index (χ1n) is 9.09. The van der Waals surface area contributed by atoms with E-state index < -0.39 is 17.6 Å². The second kappa shape index (κ2) is 10.5. The number of hydrogen-bond donors (Lipinski definition) is 2. The molecule has 0 bridgehead atoms. The lowest BCUT2D eigenvalue weighted by molar-refractivity contribution is -0.137. The summed E-state index contributed by atoms with van der Waals surface area (Å²) in [4.78, 5) is 16.5. The van der Waals surface area contributed by atoms with Crippen molar-refractivity contribution in [1.29, 1.82) is 0 Å². The first-order valence-corrected chi connectivity index (χ1v) is 10.0. The van der Waals surface area contributed by atoms with Gasteiger partial charge in [0, 0.05) is 35.1 Å². The molecule has 1 amide bonds. The highest BCUT2D eigenvalue weighted by Gasteiger charge is 2.37. The van der Waals surface area contributed by atoms with Crippen LogP contribution in [0.4, 0.5) is 18.9 Å². The van der Waals surface area contributed by atoms with Gasteiger partial charge in [-0.05, 0) is 42.3 Å². The molecule has 31 heavy (non-hydrogen) atoms. The number of benzene rings is 2. The number of rotatable bonds is 6. The van der Waals surface area contributed by atoms with Crippen LogP contribution in [0.1, 0.15) is 39.5 Å². The van der Waals surface area contributed by atoms with Crippen LogP contribution in [0, 0.1) is 0 Å². The Morgan fingerprint density at radius 1 is 1.13 bits per heavy atom. The third-order valence-electron chi connectivity index (χ3n) is 4.87. The van der Waals surface area contributed by atoms with E-state index in [9.17, 15) is 18.0 Å². The Morgan fingerprint density at radius 3 is 2.52 bits per heavy atom. The third kappa shape index (κ3) is 6.43. The average molecular weight is 490 g/mol. The molecule has 1 heterocycles. The summed E-state index contributed by atoms with van der Waals surface area (Å²) in [6, 6.07) is 12.2. The summed E-state index contributed by atoms with van der Waals surface area (Å²) in [5.41, 5.74) is 3.69. The first-order chi connectivity index (χ1) is 13.9. The molecule has 1 aromatic heterocycles. The van der Waals surface area contributed by atoms with Crippen LogP contribution in [-0.4, -0.2) is 16.9 Å². The van der Waals surface area contributed by atoms with Crippen LogP contribution >= 0.6 is 36.2 Å². The highest BCUT2D eigenvalue weighted by molar-refractivity contribution is 7.07. The number of amides is 1. The summed E-state index contributed by atoms with van der Waals surface area (Å²) in [7, 11) is 0. The van der Waals surface area contributed by atoms with Gasteiger partial charge in [0.05, 0.1) is 16.8 Å². The van der Waals surface area contributed by atoms with Crippen molar-refractivity contribution in [2.45, 2.75) is 31.1 Å². The Hall–Kier alpha value is -2.13. The second-order valence-corrected chi connectivity index (χ2v) is 7.68. The van der Waals surface area contributed by atoms with Gasteiger partial charge in [-0.2, -0.15) is 13.2 Å². The molecule has 2 atom stereocenters. The summed E-state index contributed by atoms with van der Waals surface area (Å²) in [5.74, 6) is -0.153. The Labute approximate surface area is 194 Å². The molecular weight excluding hydrogens is 470 g/mol. The fourth-order valence-corrected chi connectivity index (χ4v) is 3.76. The molecule has 4 nitrogen and oxygen atoms in total. The molecule has 10 heteroatoms. The molecule has 4 rings (SSSR count). The molecule has 1 fully saturated rings.